The van der Waals surface area contributed by atoms with Gasteiger partial charge in [-0.1, -0.05) is 5.16 Å². The molecule has 16 heavy (non-hydrogen) atoms. The highest BCUT2D eigenvalue weighted by molar-refractivity contribution is 5.23. The number of ether oxygens (including phenoxy) is 1. The summed E-state index contributed by atoms with van der Waals surface area (Å²) in [5, 5.41) is 3.89. The summed E-state index contributed by atoms with van der Waals surface area (Å²) < 4.78 is 10.6. The van der Waals surface area contributed by atoms with E-state index in [1.54, 1.807) is 0 Å². The van der Waals surface area contributed by atoms with Crippen LogP contribution >= 0.6 is 0 Å². The molecule has 1 aliphatic carbocycles. The first kappa shape index (κ1) is 10.3. The lowest BCUT2D eigenvalue weighted by Gasteiger charge is -2.37. The fraction of sp³-hybridized carbons (Fsp3) is 0.727. The second-order valence-electron chi connectivity index (χ2n) is 4.57. The van der Waals surface area contributed by atoms with Gasteiger partial charge in [0.25, 0.3) is 0 Å². The molecule has 2 unspecified atom stereocenters. The summed E-state index contributed by atoms with van der Waals surface area (Å²) in [4.78, 5) is 2.43. The SMILES string of the molecule is NC1Cc2oncc2C(N2CCOCC2)C1. The molecule has 88 valence electrons. The van der Waals surface area contributed by atoms with Gasteiger partial charge < -0.3 is 15.0 Å². The number of fused-ring (bicyclic) bond motifs is 1. The van der Waals surface area contributed by atoms with Crippen LogP contribution in [0, 0.1) is 0 Å². The van der Waals surface area contributed by atoms with Crippen LogP contribution in [0.2, 0.25) is 0 Å². The van der Waals surface area contributed by atoms with E-state index < -0.39 is 0 Å². The van der Waals surface area contributed by atoms with Crippen LogP contribution in [0.15, 0.2) is 10.7 Å². The summed E-state index contributed by atoms with van der Waals surface area (Å²) in [6.07, 6.45) is 3.66. The summed E-state index contributed by atoms with van der Waals surface area (Å²) in [7, 11) is 0. The molecule has 0 amide bonds. The number of nitrogens with zero attached hydrogens (tertiary/aromatic N) is 2. The molecule has 2 heterocycles. The highest BCUT2D eigenvalue weighted by Crippen LogP contribution is 2.33. The van der Waals surface area contributed by atoms with Crippen LogP contribution in [0.25, 0.3) is 0 Å². The maximum absolute atomic E-state index is 6.06. The van der Waals surface area contributed by atoms with Gasteiger partial charge in [-0.2, -0.15) is 0 Å². The highest BCUT2D eigenvalue weighted by atomic mass is 16.5. The Hall–Kier alpha value is -0.910. The van der Waals surface area contributed by atoms with Crippen LogP contribution < -0.4 is 5.73 Å². The standard InChI is InChI=1S/C11H17N3O2/c12-8-5-10(14-1-3-15-4-2-14)9-7-13-16-11(9)6-8/h7-8,10H,1-6,12H2. The molecule has 3 rings (SSSR count). The maximum atomic E-state index is 6.06. The smallest absolute Gasteiger partial charge is 0.143 e. The molecular formula is C11H17N3O2. The normalized spacial score (nSPS) is 31.3. The van der Waals surface area contributed by atoms with E-state index in [1.165, 1.54) is 5.56 Å². The van der Waals surface area contributed by atoms with E-state index in [-0.39, 0.29) is 6.04 Å². The number of hydrogen-bond donors (Lipinski definition) is 1. The van der Waals surface area contributed by atoms with Crippen molar-refractivity contribution in [3.63, 3.8) is 0 Å². The van der Waals surface area contributed by atoms with E-state index in [4.69, 9.17) is 15.0 Å². The van der Waals surface area contributed by atoms with E-state index >= 15 is 0 Å². The van der Waals surface area contributed by atoms with Crippen molar-refractivity contribution in [1.29, 1.82) is 0 Å². The minimum atomic E-state index is 0.188. The monoisotopic (exact) mass is 223 g/mol. The average Bonchev–Trinajstić information content (AvgIpc) is 2.77. The summed E-state index contributed by atoms with van der Waals surface area (Å²) in [6, 6.07) is 0.558. The minimum absolute atomic E-state index is 0.188. The molecule has 2 aliphatic rings. The Morgan fingerprint density at radius 1 is 1.38 bits per heavy atom. The van der Waals surface area contributed by atoms with Crippen LogP contribution in [0.5, 0.6) is 0 Å². The molecule has 1 aromatic heterocycles. The molecule has 0 spiro atoms. The average molecular weight is 223 g/mol. The fourth-order valence-corrected chi connectivity index (χ4v) is 2.67. The van der Waals surface area contributed by atoms with Crippen molar-refractivity contribution in [3.05, 3.63) is 17.5 Å². The van der Waals surface area contributed by atoms with Crippen molar-refractivity contribution >= 4 is 0 Å². The van der Waals surface area contributed by atoms with E-state index in [2.05, 4.69) is 10.1 Å². The molecule has 0 saturated carbocycles. The lowest BCUT2D eigenvalue weighted by atomic mass is 9.89. The van der Waals surface area contributed by atoms with Crippen molar-refractivity contribution in [2.24, 2.45) is 5.73 Å². The largest absolute Gasteiger partial charge is 0.379 e. The minimum Gasteiger partial charge on any atom is -0.379 e. The third-order valence-corrected chi connectivity index (χ3v) is 3.50. The van der Waals surface area contributed by atoms with Crippen molar-refractivity contribution < 1.29 is 9.26 Å². The Morgan fingerprint density at radius 2 is 2.19 bits per heavy atom. The quantitative estimate of drug-likeness (QED) is 0.743. The molecule has 1 saturated heterocycles. The van der Waals surface area contributed by atoms with E-state index in [0.717, 1.165) is 44.9 Å². The second-order valence-corrected chi connectivity index (χ2v) is 4.57. The first-order valence-corrected chi connectivity index (χ1v) is 5.85. The van der Waals surface area contributed by atoms with Crippen LogP contribution in [0.3, 0.4) is 0 Å². The lowest BCUT2D eigenvalue weighted by molar-refractivity contribution is 0.0106. The molecule has 5 heteroatoms. The van der Waals surface area contributed by atoms with Crippen molar-refractivity contribution in [1.82, 2.24) is 10.1 Å². The number of morpholine rings is 1. The van der Waals surface area contributed by atoms with Gasteiger partial charge in [0.05, 0.1) is 19.4 Å². The summed E-state index contributed by atoms with van der Waals surface area (Å²) in [6.45, 7) is 3.57. The third kappa shape index (κ3) is 1.75. The van der Waals surface area contributed by atoms with E-state index in [1.807, 2.05) is 6.20 Å². The number of nitrogens with two attached hydrogens (primary N) is 1. The topological polar surface area (TPSA) is 64.5 Å². The molecule has 0 radical (unpaired) electrons. The summed E-state index contributed by atoms with van der Waals surface area (Å²) >= 11 is 0. The maximum Gasteiger partial charge on any atom is 0.143 e. The van der Waals surface area contributed by atoms with Crippen LogP contribution in [0.4, 0.5) is 0 Å². The second kappa shape index (κ2) is 4.16. The number of aromatic nitrogens is 1. The van der Waals surface area contributed by atoms with Crippen LogP contribution in [-0.2, 0) is 11.2 Å². The van der Waals surface area contributed by atoms with Crippen molar-refractivity contribution in [2.45, 2.75) is 24.9 Å². The summed E-state index contributed by atoms with van der Waals surface area (Å²) in [5.41, 5.74) is 7.29. The molecule has 1 aliphatic heterocycles. The molecular weight excluding hydrogens is 206 g/mol. The van der Waals surface area contributed by atoms with Gasteiger partial charge in [0.1, 0.15) is 5.76 Å². The van der Waals surface area contributed by atoms with Gasteiger partial charge in [-0.05, 0) is 6.42 Å². The van der Waals surface area contributed by atoms with Gasteiger partial charge >= 0.3 is 0 Å². The zero-order valence-electron chi connectivity index (χ0n) is 9.26. The predicted octanol–water partition coefficient (Wildman–Crippen LogP) is 0.321. The first-order valence-electron chi connectivity index (χ1n) is 5.85. The molecule has 5 nitrogen and oxygen atoms in total. The Labute approximate surface area is 94.5 Å². The highest BCUT2D eigenvalue weighted by Gasteiger charge is 2.32. The Bertz CT molecular complexity index is 360. The van der Waals surface area contributed by atoms with E-state index in [9.17, 15) is 0 Å². The molecule has 0 bridgehead atoms. The van der Waals surface area contributed by atoms with Gasteiger partial charge in [-0.3, -0.25) is 4.90 Å². The number of rotatable bonds is 1. The molecule has 1 aromatic rings. The fourth-order valence-electron chi connectivity index (χ4n) is 2.67. The number of hydrogen-bond acceptors (Lipinski definition) is 5. The van der Waals surface area contributed by atoms with Crippen LogP contribution in [-0.4, -0.2) is 42.4 Å². The predicted molar refractivity (Wildman–Crippen MR) is 57.9 cm³/mol. The molecule has 2 atom stereocenters. The third-order valence-electron chi connectivity index (χ3n) is 3.50. The Morgan fingerprint density at radius 3 is 3.00 bits per heavy atom. The van der Waals surface area contributed by atoms with Gasteiger partial charge in [0.15, 0.2) is 0 Å². The molecule has 0 aromatic carbocycles. The zero-order chi connectivity index (χ0) is 11.0. The van der Waals surface area contributed by atoms with Gasteiger partial charge in [-0.15, -0.1) is 0 Å². The summed E-state index contributed by atoms with van der Waals surface area (Å²) in [5.74, 6) is 0.968. The van der Waals surface area contributed by atoms with Gasteiger partial charge in [0.2, 0.25) is 0 Å². The van der Waals surface area contributed by atoms with E-state index in [0.29, 0.717) is 6.04 Å². The molecule has 2 N–H and O–H groups in total. The van der Waals surface area contributed by atoms with Crippen molar-refractivity contribution in [2.75, 3.05) is 26.3 Å². The van der Waals surface area contributed by atoms with Crippen molar-refractivity contribution in [3.8, 4) is 0 Å². The van der Waals surface area contributed by atoms with Crippen LogP contribution in [0.1, 0.15) is 23.8 Å². The zero-order valence-corrected chi connectivity index (χ0v) is 9.26. The van der Waals surface area contributed by atoms with Gasteiger partial charge in [0, 0.05) is 37.2 Å². The Kier molecular flexibility index (Phi) is 2.67. The Balaban J connectivity index is 1.84. The molecule has 1 fully saturated rings. The lowest BCUT2D eigenvalue weighted by Crippen LogP contribution is -2.43. The van der Waals surface area contributed by atoms with Gasteiger partial charge in [-0.25, -0.2) is 0 Å². The first-order chi connectivity index (χ1) is 7.84.